The van der Waals surface area contributed by atoms with E-state index in [4.69, 9.17) is 23.8 Å². The molecule has 3 rings (SSSR count). The lowest BCUT2D eigenvalue weighted by Crippen LogP contribution is -2.45. The van der Waals surface area contributed by atoms with E-state index in [0.29, 0.717) is 32.7 Å². The van der Waals surface area contributed by atoms with Gasteiger partial charge in [0.2, 0.25) is 0 Å². The van der Waals surface area contributed by atoms with Crippen molar-refractivity contribution in [3.05, 3.63) is 80.5 Å². The first-order valence-electron chi connectivity index (χ1n) is 7.94. The molecule has 9 heteroatoms. The van der Waals surface area contributed by atoms with E-state index in [1.807, 2.05) is 0 Å². The molecule has 0 aliphatic carbocycles. The van der Waals surface area contributed by atoms with Crippen molar-refractivity contribution in [2.45, 2.75) is 13.0 Å². The molecule has 0 saturated carbocycles. The first-order chi connectivity index (χ1) is 12.8. The van der Waals surface area contributed by atoms with Gasteiger partial charge in [0.25, 0.3) is 11.6 Å². The molecule has 2 aromatic rings. The molecule has 0 fully saturated rings. The molecule has 0 bridgehead atoms. The summed E-state index contributed by atoms with van der Waals surface area (Å²) in [4.78, 5) is 23.3. The number of hydrogen-bond donors (Lipinski definition) is 3. The fourth-order valence-corrected chi connectivity index (χ4v) is 3.16. The summed E-state index contributed by atoms with van der Waals surface area (Å²) in [6.07, 6.45) is 0. The molecule has 7 nitrogen and oxygen atoms in total. The maximum absolute atomic E-state index is 12.9. The van der Waals surface area contributed by atoms with Crippen LogP contribution in [0.1, 0.15) is 18.5 Å². The van der Waals surface area contributed by atoms with Crippen molar-refractivity contribution in [3.63, 3.8) is 0 Å². The van der Waals surface area contributed by atoms with Gasteiger partial charge in [0.15, 0.2) is 5.11 Å². The monoisotopic (exact) mass is 402 g/mol. The van der Waals surface area contributed by atoms with Gasteiger partial charge in [-0.1, -0.05) is 11.6 Å². The second-order valence-electron chi connectivity index (χ2n) is 5.88. The molecular formula is C18H15ClN4O3S. The zero-order valence-corrected chi connectivity index (χ0v) is 15.7. The summed E-state index contributed by atoms with van der Waals surface area (Å²) in [6, 6.07) is 12.2. The molecular weight excluding hydrogens is 388 g/mol. The number of nitrogens with zero attached hydrogens (tertiary/aromatic N) is 1. The van der Waals surface area contributed by atoms with Crippen molar-refractivity contribution in [2.75, 3.05) is 5.32 Å². The summed E-state index contributed by atoms with van der Waals surface area (Å²) in [6.45, 7) is 1.75. The number of thiocarbonyl (C=S) groups is 1. The number of benzene rings is 2. The Morgan fingerprint density at radius 2 is 1.81 bits per heavy atom. The van der Waals surface area contributed by atoms with Crippen molar-refractivity contribution in [3.8, 4) is 0 Å². The van der Waals surface area contributed by atoms with E-state index in [9.17, 15) is 14.9 Å². The molecule has 0 saturated heterocycles. The standard InChI is InChI=1S/C18H15ClN4O3S/c1-10-15(17(24)21-13-6-4-12(19)5-7-13)16(22-18(27)20-10)11-2-8-14(9-3-11)23(25)26/h2-9,16H,1H3,(H,21,24)(H2,20,22,27)/t16-/m1/s1. The van der Waals surface area contributed by atoms with Crippen LogP contribution < -0.4 is 16.0 Å². The summed E-state index contributed by atoms with van der Waals surface area (Å²) in [5.41, 5.74) is 2.30. The number of non-ortho nitro benzene ring substituents is 1. The number of nitro groups is 1. The third kappa shape index (κ3) is 4.24. The minimum Gasteiger partial charge on any atom is -0.351 e. The Hall–Kier alpha value is -2.97. The van der Waals surface area contributed by atoms with Crippen LogP contribution >= 0.6 is 23.8 Å². The molecule has 0 aromatic heterocycles. The third-order valence-electron chi connectivity index (χ3n) is 4.05. The molecule has 2 aromatic carbocycles. The Balaban J connectivity index is 1.92. The van der Waals surface area contributed by atoms with E-state index in [2.05, 4.69) is 16.0 Å². The number of amides is 1. The van der Waals surface area contributed by atoms with E-state index in [1.165, 1.54) is 12.1 Å². The highest BCUT2D eigenvalue weighted by molar-refractivity contribution is 7.80. The molecule has 0 unspecified atom stereocenters. The number of nitro benzene ring substituents is 1. The van der Waals surface area contributed by atoms with Gasteiger partial charge in [-0.05, 0) is 61.1 Å². The van der Waals surface area contributed by atoms with Gasteiger partial charge >= 0.3 is 0 Å². The fourth-order valence-electron chi connectivity index (χ4n) is 2.77. The summed E-state index contributed by atoms with van der Waals surface area (Å²) in [7, 11) is 0. The Labute approximate surface area is 165 Å². The van der Waals surface area contributed by atoms with Gasteiger partial charge < -0.3 is 16.0 Å². The quantitative estimate of drug-likeness (QED) is 0.410. The average Bonchev–Trinajstić information content (AvgIpc) is 2.63. The molecule has 1 heterocycles. The minimum absolute atomic E-state index is 0.0249. The first-order valence-corrected chi connectivity index (χ1v) is 8.73. The molecule has 1 atom stereocenters. The molecule has 138 valence electrons. The van der Waals surface area contributed by atoms with Gasteiger partial charge in [0, 0.05) is 28.5 Å². The van der Waals surface area contributed by atoms with E-state index in [-0.39, 0.29) is 11.6 Å². The van der Waals surface area contributed by atoms with Crippen molar-refractivity contribution in [2.24, 2.45) is 0 Å². The number of halogens is 1. The van der Waals surface area contributed by atoms with Crippen molar-refractivity contribution >= 4 is 46.2 Å². The lowest BCUT2D eigenvalue weighted by molar-refractivity contribution is -0.384. The second-order valence-corrected chi connectivity index (χ2v) is 6.72. The average molecular weight is 403 g/mol. The van der Waals surface area contributed by atoms with Gasteiger partial charge in [0.1, 0.15) is 0 Å². The topological polar surface area (TPSA) is 96.3 Å². The van der Waals surface area contributed by atoms with Crippen LogP contribution in [0.4, 0.5) is 11.4 Å². The lowest BCUT2D eigenvalue weighted by Gasteiger charge is -2.30. The van der Waals surface area contributed by atoms with Gasteiger partial charge in [0.05, 0.1) is 16.5 Å². The SMILES string of the molecule is CC1=C(C(=O)Nc2ccc(Cl)cc2)[C@@H](c2ccc([N+](=O)[O-])cc2)NC(=S)N1. The number of rotatable bonds is 4. The van der Waals surface area contributed by atoms with Crippen molar-refractivity contribution in [1.29, 1.82) is 0 Å². The Kier molecular flexibility index (Phi) is 5.38. The number of carbonyl (C=O) groups is 1. The number of anilines is 1. The largest absolute Gasteiger partial charge is 0.351 e. The van der Waals surface area contributed by atoms with E-state index < -0.39 is 11.0 Å². The van der Waals surface area contributed by atoms with Crippen LogP contribution in [0.15, 0.2) is 59.8 Å². The van der Waals surface area contributed by atoms with Crippen LogP contribution in [-0.4, -0.2) is 15.9 Å². The van der Waals surface area contributed by atoms with E-state index in [0.717, 1.165) is 0 Å². The predicted molar refractivity (Wildman–Crippen MR) is 107 cm³/mol. The lowest BCUT2D eigenvalue weighted by atomic mass is 9.94. The molecule has 1 aliphatic rings. The second kappa shape index (κ2) is 7.73. The van der Waals surface area contributed by atoms with Crippen molar-refractivity contribution < 1.29 is 9.72 Å². The molecule has 0 radical (unpaired) electrons. The molecule has 0 spiro atoms. The molecule has 1 aliphatic heterocycles. The highest BCUT2D eigenvalue weighted by Crippen LogP contribution is 2.29. The van der Waals surface area contributed by atoms with Crippen LogP contribution in [0.25, 0.3) is 0 Å². The third-order valence-corrected chi connectivity index (χ3v) is 4.52. The number of carbonyl (C=O) groups excluding carboxylic acids is 1. The number of nitrogens with one attached hydrogen (secondary N) is 3. The normalized spacial score (nSPS) is 16.4. The van der Waals surface area contributed by atoms with E-state index >= 15 is 0 Å². The summed E-state index contributed by atoms with van der Waals surface area (Å²) < 4.78 is 0. The number of allylic oxidation sites excluding steroid dienone is 1. The maximum atomic E-state index is 12.9. The predicted octanol–water partition coefficient (Wildman–Crippen LogP) is 3.68. The zero-order valence-electron chi connectivity index (χ0n) is 14.2. The molecule has 1 amide bonds. The van der Waals surface area contributed by atoms with Crippen LogP contribution in [0, 0.1) is 10.1 Å². The molecule has 27 heavy (non-hydrogen) atoms. The molecule has 3 N–H and O–H groups in total. The first kappa shape index (κ1) is 18.8. The highest BCUT2D eigenvalue weighted by atomic mass is 35.5. The van der Waals surface area contributed by atoms with Gasteiger partial charge in [-0.3, -0.25) is 14.9 Å². The Morgan fingerprint density at radius 1 is 1.19 bits per heavy atom. The fraction of sp³-hybridized carbons (Fsp3) is 0.111. The maximum Gasteiger partial charge on any atom is 0.269 e. The van der Waals surface area contributed by atoms with Gasteiger partial charge in [-0.2, -0.15) is 0 Å². The summed E-state index contributed by atoms with van der Waals surface area (Å²) in [5.74, 6) is -0.319. The van der Waals surface area contributed by atoms with Crippen LogP contribution in [0.3, 0.4) is 0 Å². The minimum atomic E-state index is -0.535. The van der Waals surface area contributed by atoms with Gasteiger partial charge in [-0.15, -0.1) is 0 Å². The summed E-state index contributed by atoms with van der Waals surface area (Å²) in [5, 5.41) is 20.6. The van der Waals surface area contributed by atoms with E-state index in [1.54, 1.807) is 43.3 Å². The Bertz CT molecular complexity index is 942. The highest BCUT2D eigenvalue weighted by Gasteiger charge is 2.30. The smallest absolute Gasteiger partial charge is 0.269 e. The zero-order chi connectivity index (χ0) is 19.6. The Morgan fingerprint density at radius 3 is 2.41 bits per heavy atom. The van der Waals surface area contributed by atoms with Crippen LogP contribution in [0.2, 0.25) is 5.02 Å². The van der Waals surface area contributed by atoms with Crippen LogP contribution in [-0.2, 0) is 4.79 Å². The number of hydrogen-bond acceptors (Lipinski definition) is 4. The summed E-state index contributed by atoms with van der Waals surface area (Å²) >= 11 is 11.1. The van der Waals surface area contributed by atoms with Crippen molar-refractivity contribution in [1.82, 2.24) is 10.6 Å². The van der Waals surface area contributed by atoms with Gasteiger partial charge in [-0.25, -0.2) is 0 Å². The van der Waals surface area contributed by atoms with Crippen LogP contribution in [0.5, 0.6) is 0 Å².